The number of methoxy groups -OCH3 is 1. The van der Waals surface area contributed by atoms with Crippen LogP contribution < -0.4 is 15.2 Å². The van der Waals surface area contributed by atoms with Gasteiger partial charge in [0.15, 0.2) is 30.5 Å². The van der Waals surface area contributed by atoms with Crippen molar-refractivity contribution in [1.29, 1.82) is 0 Å². The van der Waals surface area contributed by atoms with Crippen LogP contribution in [-0.4, -0.2) is 38.0 Å². The number of amides is 1. The van der Waals surface area contributed by atoms with Crippen LogP contribution in [0.25, 0.3) is 6.08 Å². The Morgan fingerprint density at radius 2 is 1.65 bits per heavy atom. The van der Waals surface area contributed by atoms with Crippen LogP contribution in [0.4, 0.5) is 0 Å². The fourth-order valence-electron chi connectivity index (χ4n) is 2.64. The van der Waals surface area contributed by atoms with Crippen LogP contribution in [0.1, 0.15) is 42.3 Å². The Hall–Kier alpha value is -3.61. The number of esters is 1. The largest absolute Gasteiger partial charge is 0.493 e. The molecule has 0 fully saturated rings. The minimum absolute atomic E-state index is 0.00626. The minimum Gasteiger partial charge on any atom is -0.493 e. The first kappa shape index (κ1) is 23.7. The van der Waals surface area contributed by atoms with E-state index in [0.29, 0.717) is 22.6 Å². The number of carbonyl (C=O) groups excluding carboxylic acids is 3. The molecule has 0 saturated carbocycles. The van der Waals surface area contributed by atoms with Crippen molar-refractivity contribution >= 4 is 23.7 Å². The number of hydrogen-bond donors (Lipinski definition) is 1. The van der Waals surface area contributed by atoms with Gasteiger partial charge in [0.1, 0.15) is 0 Å². The smallest absolute Gasteiger partial charge is 0.331 e. The molecule has 2 rings (SSSR count). The monoisotopic (exact) mass is 425 g/mol. The van der Waals surface area contributed by atoms with E-state index in [1.165, 1.54) is 19.3 Å². The summed E-state index contributed by atoms with van der Waals surface area (Å²) in [4.78, 5) is 35.1. The second-order valence-electron chi connectivity index (χ2n) is 7.86. The lowest BCUT2D eigenvalue weighted by Crippen LogP contribution is -2.20. The lowest BCUT2D eigenvalue weighted by Gasteiger charge is -2.18. The van der Waals surface area contributed by atoms with E-state index in [-0.39, 0.29) is 24.4 Å². The van der Waals surface area contributed by atoms with Crippen molar-refractivity contribution in [3.63, 3.8) is 0 Å². The van der Waals surface area contributed by atoms with E-state index in [2.05, 4.69) is 20.8 Å². The molecule has 0 aliphatic rings. The highest BCUT2D eigenvalue weighted by Gasteiger charge is 2.15. The third kappa shape index (κ3) is 7.29. The molecule has 0 aromatic heterocycles. The average Bonchev–Trinajstić information content (AvgIpc) is 2.74. The summed E-state index contributed by atoms with van der Waals surface area (Å²) in [6, 6.07) is 12.2. The van der Waals surface area contributed by atoms with Crippen molar-refractivity contribution in [2.45, 2.75) is 26.2 Å². The van der Waals surface area contributed by atoms with Crippen molar-refractivity contribution in [3.8, 4) is 11.5 Å². The number of ketones is 1. The molecule has 2 aromatic rings. The van der Waals surface area contributed by atoms with Crippen molar-refractivity contribution in [2.24, 2.45) is 5.73 Å². The van der Waals surface area contributed by atoms with E-state index in [9.17, 15) is 14.4 Å². The van der Waals surface area contributed by atoms with Gasteiger partial charge in [0.05, 0.1) is 7.11 Å². The molecular weight excluding hydrogens is 398 g/mol. The second-order valence-corrected chi connectivity index (χ2v) is 7.86. The van der Waals surface area contributed by atoms with E-state index in [1.807, 2.05) is 12.1 Å². The third-order valence-corrected chi connectivity index (χ3v) is 4.39. The molecule has 0 radical (unpaired) electrons. The molecule has 0 aliphatic heterocycles. The Morgan fingerprint density at radius 1 is 0.968 bits per heavy atom. The molecule has 0 spiro atoms. The number of carbonyl (C=O) groups is 3. The number of benzene rings is 2. The number of rotatable bonds is 9. The Morgan fingerprint density at radius 3 is 2.23 bits per heavy atom. The van der Waals surface area contributed by atoms with Gasteiger partial charge >= 0.3 is 5.97 Å². The number of hydrogen-bond acceptors (Lipinski definition) is 6. The van der Waals surface area contributed by atoms with E-state index >= 15 is 0 Å². The fraction of sp³-hybridized carbons (Fsp3) is 0.292. The van der Waals surface area contributed by atoms with Gasteiger partial charge in [-0.15, -0.1) is 0 Å². The number of nitrogens with two attached hydrogens (primary N) is 1. The van der Waals surface area contributed by atoms with E-state index in [4.69, 9.17) is 19.9 Å². The van der Waals surface area contributed by atoms with Gasteiger partial charge in [-0.25, -0.2) is 4.79 Å². The highest BCUT2D eigenvalue weighted by atomic mass is 16.5. The van der Waals surface area contributed by atoms with Crippen molar-refractivity contribution in [2.75, 3.05) is 20.3 Å². The van der Waals surface area contributed by atoms with E-state index in [1.54, 1.807) is 30.3 Å². The third-order valence-electron chi connectivity index (χ3n) is 4.39. The summed E-state index contributed by atoms with van der Waals surface area (Å²) in [6.07, 6.45) is 2.74. The van der Waals surface area contributed by atoms with Crippen LogP contribution in [0.2, 0.25) is 0 Å². The number of Topliss-reactive ketones (excluding diaryl/α,β-unsaturated/α-hetero) is 1. The predicted octanol–water partition coefficient (Wildman–Crippen LogP) is 3.30. The lowest BCUT2D eigenvalue weighted by atomic mass is 9.86. The molecule has 1 amide bonds. The topological polar surface area (TPSA) is 105 Å². The van der Waals surface area contributed by atoms with Gasteiger partial charge in [-0.2, -0.15) is 0 Å². The van der Waals surface area contributed by atoms with Crippen molar-refractivity contribution in [3.05, 3.63) is 65.2 Å². The molecule has 0 saturated heterocycles. The minimum atomic E-state index is -0.646. The van der Waals surface area contributed by atoms with Gasteiger partial charge < -0.3 is 19.9 Å². The van der Waals surface area contributed by atoms with Gasteiger partial charge in [-0.1, -0.05) is 51.1 Å². The molecule has 2 aromatic carbocycles. The first-order chi connectivity index (χ1) is 14.6. The number of primary amides is 1. The molecule has 7 nitrogen and oxygen atoms in total. The predicted molar refractivity (Wildman–Crippen MR) is 117 cm³/mol. The Bertz CT molecular complexity index is 971. The molecule has 0 heterocycles. The second kappa shape index (κ2) is 10.4. The quantitative estimate of drug-likeness (QED) is 0.375. The zero-order chi connectivity index (χ0) is 23.0. The molecule has 2 N–H and O–H groups in total. The summed E-state index contributed by atoms with van der Waals surface area (Å²) in [6.45, 7) is 5.66. The molecular formula is C24H27NO6. The first-order valence-electron chi connectivity index (χ1n) is 9.68. The summed E-state index contributed by atoms with van der Waals surface area (Å²) in [5.74, 6) is -0.796. The standard InChI is InChI=1S/C24H27NO6/c1-24(2,3)18-9-7-17(8-10-18)19(26)14-31-23(28)12-6-16-5-11-20(21(13-16)29-4)30-15-22(25)27/h5-13H,14-15H2,1-4H3,(H2,25,27)/b12-6+. The van der Waals surface area contributed by atoms with Gasteiger partial charge in [0.25, 0.3) is 5.91 Å². The lowest BCUT2D eigenvalue weighted by molar-refractivity contribution is -0.136. The van der Waals surface area contributed by atoms with E-state index < -0.39 is 11.9 Å². The molecule has 0 unspecified atom stereocenters. The normalized spacial score (nSPS) is 11.2. The molecule has 7 heteroatoms. The van der Waals surface area contributed by atoms with Crippen molar-refractivity contribution < 1.29 is 28.6 Å². The summed E-state index contributed by atoms with van der Waals surface area (Å²) < 4.78 is 15.5. The van der Waals surface area contributed by atoms with Crippen LogP contribution in [0.5, 0.6) is 11.5 Å². The Labute approximate surface area is 181 Å². The van der Waals surface area contributed by atoms with Gasteiger partial charge in [0.2, 0.25) is 0 Å². The summed E-state index contributed by atoms with van der Waals surface area (Å²) >= 11 is 0. The SMILES string of the molecule is COc1cc(/C=C/C(=O)OCC(=O)c2ccc(C(C)(C)C)cc2)ccc1OCC(N)=O. The van der Waals surface area contributed by atoms with Gasteiger partial charge in [0, 0.05) is 11.6 Å². The molecule has 0 aliphatic carbocycles. The highest BCUT2D eigenvalue weighted by molar-refractivity contribution is 5.99. The van der Waals surface area contributed by atoms with Crippen LogP contribution in [-0.2, 0) is 19.7 Å². The van der Waals surface area contributed by atoms with E-state index in [0.717, 1.165) is 5.56 Å². The maximum atomic E-state index is 12.3. The summed E-state index contributed by atoms with van der Waals surface area (Å²) in [5, 5.41) is 0. The average molecular weight is 425 g/mol. The fourth-order valence-corrected chi connectivity index (χ4v) is 2.64. The van der Waals surface area contributed by atoms with Crippen LogP contribution in [0, 0.1) is 0 Å². The number of ether oxygens (including phenoxy) is 3. The maximum absolute atomic E-state index is 12.3. The molecule has 0 bridgehead atoms. The summed E-state index contributed by atoms with van der Waals surface area (Å²) in [5.41, 5.74) is 7.30. The van der Waals surface area contributed by atoms with Crippen LogP contribution >= 0.6 is 0 Å². The summed E-state index contributed by atoms with van der Waals surface area (Å²) in [7, 11) is 1.45. The Balaban J connectivity index is 1.93. The maximum Gasteiger partial charge on any atom is 0.331 e. The Kier molecular flexibility index (Phi) is 7.96. The van der Waals surface area contributed by atoms with Crippen LogP contribution in [0.3, 0.4) is 0 Å². The molecule has 164 valence electrons. The molecule has 0 atom stereocenters. The molecule has 31 heavy (non-hydrogen) atoms. The van der Waals surface area contributed by atoms with Gasteiger partial charge in [-0.3, -0.25) is 9.59 Å². The zero-order valence-corrected chi connectivity index (χ0v) is 18.1. The zero-order valence-electron chi connectivity index (χ0n) is 18.1. The van der Waals surface area contributed by atoms with Crippen molar-refractivity contribution in [1.82, 2.24) is 0 Å². The van der Waals surface area contributed by atoms with Gasteiger partial charge in [-0.05, 0) is 34.8 Å². The van der Waals surface area contributed by atoms with Crippen LogP contribution in [0.15, 0.2) is 48.5 Å². The highest BCUT2D eigenvalue weighted by Crippen LogP contribution is 2.28. The first-order valence-corrected chi connectivity index (χ1v) is 9.68.